The Morgan fingerprint density at radius 3 is 2.67 bits per heavy atom. The van der Waals surface area contributed by atoms with Crippen molar-refractivity contribution in [3.8, 4) is 6.19 Å². The van der Waals surface area contributed by atoms with Gasteiger partial charge in [-0.05, 0) is 19.3 Å². The average molecular weight is 208 g/mol. The van der Waals surface area contributed by atoms with Gasteiger partial charge in [-0.25, -0.2) is 4.90 Å². The second kappa shape index (κ2) is 6.28. The van der Waals surface area contributed by atoms with Crippen LogP contribution in [0.5, 0.6) is 0 Å². The summed E-state index contributed by atoms with van der Waals surface area (Å²) in [6.45, 7) is 5.30. The van der Waals surface area contributed by atoms with E-state index in [2.05, 4.69) is 25.1 Å². The molecular formula is C11H20N4. The molecule has 1 unspecified atom stereocenters. The van der Waals surface area contributed by atoms with E-state index in [9.17, 15) is 0 Å². The van der Waals surface area contributed by atoms with Crippen molar-refractivity contribution in [2.45, 2.75) is 52.1 Å². The second-order valence-electron chi connectivity index (χ2n) is 3.88. The molecule has 0 radical (unpaired) electrons. The molecule has 84 valence electrons. The fourth-order valence-electron chi connectivity index (χ4n) is 1.71. The molecule has 0 saturated heterocycles. The molecule has 0 fully saturated rings. The van der Waals surface area contributed by atoms with Crippen LogP contribution in [0.4, 0.5) is 0 Å². The quantitative estimate of drug-likeness (QED) is 0.629. The van der Waals surface area contributed by atoms with Crippen LogP contribution < -0.4 is 0 Å². The lowest BCUT2D eigenvalue weighted by atomic mass is 10.2. The Labute approximate surface area is 92.2 Å². The van der Waals surface area contributed by atoms with Gasteiger partial charge in [0.1, 0.15) is 12.5 Å². The van der Waals surface area contributed by atoms with Gasteiger partial charge in [0, 0.05) is 6.54 Å². The van der Waals surface area contributed by atoms with E-state index in [-0.39, 0.29) is 6.17 Å². The molecule has 0 spiro atoms. The highest BCUT2D eigenvalue weighted by Crippen LogP contribution is 2.17. The first-order valence-electron chi connectivity index (χ1n) is 5.82. The smallest absolute Gasteiger partial charge is 0.187 e. The van der Waals surface area contributed by atoms with E-state index in [1.807, 2.05) is 5.01 Å². The fourth-order valence-corrected chi connectivity index (χ4v) is 1.71. The van der Waals surface area contributed by atoms with Crippen molar-refractivity contribution in [3.05, 3.63) is 0 Å². The summed E-state index contributed by atoms with van der Waals surface area (Å²) in [5, 5.41) is 15.3. The van der Waals surface area contributed by atoms with Gasteiger partial charge in [-0.2, -0.15) is 10.4 Å². The van der Waals surface area contributed by atoms with Crippen molar-refractivity contribution in [2.24, 2.45) is 5.10 Å². The SMILES string of the molecule is CCCCC1N(C#N)C=NN1CCCC. The third kappa shape index (κ3) is 3.12. The molecule has 0 aromatic heterocycles. The molecule has 4 nitrogen and oxygen atoms in total. The lowest BCUT2D eigenvalue weighted by Gasteiger charge is -2.26. The Morgan fingerprint density at radius 1 is 1.33 bits per heavy atom. The van der Waals surface area contributed by atoms with E-state index in [0.29, 0.717) is 0 Å². The lowest BCUT2D eigenvalue weighted by Crippen LogP contribution is -2.37. The third-order valence-corrected chi connectivity index (χ3v) is 2.66. The molecule has 1 atom stereocenters. The highest BCUT2D eigenvalue weighted by atomic mass is 15.6. The van der Waals surface area contributed by atoms with Gasteiger partial charge in [0.25, 0.3) is 0 Å². The minimum atomic E-state index is 0.168. The van der Waals surface area contributed by atoms with Crippen LogP contribution in [-0.4, -0.2) is 29.0 Å². The summed E-state index contributed by atoms with van der Waals surface area (Å²) in [6, 6.07) is 0. The normalized spacial score (nSPS) is 19.7. The van der Waals surface area contributed by atoms with E-state index in [4.69, 9.17) is 5.26 Å². The van der Waals surface area contributed by atoms with Crippen LogP contribution in [0, 0.1) is 11.5 Å². The molecule has 1 aliphatic heterocycles. The number of unbranched alkanes of at least 4 members (excludes halogenated alkanes) is 2. The van der Waals surface area contributed by atoms with Gasteiger partial charge in [0.05, 0.1) is 0 Å². The molecule has 4 heteroatoms. The van der Waals surface area contributed by atoms with E-state index in [0.717, 1.165) is 32.2 Å². The number of nitrogens with zero attached hydrogens (tertiary/aromatic N) is 4. The highest BCUT2D eigenvalue weighted by molar-refractivity contribution is 5.59. The van der Waals surface area contributed by atoms with Gasteiger partial charge in [0.2, 0.25) is 0 Å². The standard InChI is InChI=1S/C11H20N4/c1-3-5-7-11-14(9-12)10-13-15(11)8-6-4-2/h10-11H,3-8H2,1-2H3. The largest absolute Gasteiger partial charge is 0.272 e. The Kier molecular flexibility index (Phi) is 4.96. The van der Waals surface area contributed by atoms with Crippen LogP contribution in [-0.2, 0) is 0 Å². The molecule has 0 amide bonds. The maximum atomic E-state index is 8.94. The Balaban J connectivity index is 2.47. The first-order chi connectivity index (χ1) is 7.33. The maximum Gasteiger partial charge on any atom is 0.187 e. The third-order valence-electron chi connectivity index (χ3n) is 2.66. The van der Waals surface area contributed by atoms with Gasteiger partial charge < -0.3 is 0 Å². The minimum absolute atomic E-state index is 0.168. The Bertz CT molecular complexity index is 243. The summed E-state index contributed by atoms with van der Waals surface area (Å²) in [5.74, 6) is 0. The number of hydrogen-bond donors (Lipinski definition) is 0. The van der Waals surface area contributed by atoms with Crippen molar-refractivity contribution in [1.29, 1.82) is 5.26 Å². The molecule has 0 saturated carbocycles. The van der Waals surface area contributed by atoms with Crippen LogP contribution >= 0.6 is 0 Å². The molecule has 1 rings (SSSR count). The van der Waals surface area contributed by atoms with Crippen LogP contribution in [0.3, 0.4) is 0 Å². The summed E-state index contributed by atoms with van der Waals surface area (Å²) in [7, 11) is 0. The molecule has 0 aliphatic carbocycles. The van der Waals surface area contributed by atoms with E-state index >= 15 is 0 Å². The molecular weight excluding hydrogens is 188 g/mol. The summed E-state index contributed by atoms with van der Waals surface area (Å²) in [6.07, 6.45) is 9.63. The van der Waals surface area contributed by atoms with Gasteiger partial charge >= 0.3 is 0 Å². The van der Waals surface area contributed by atoms with Gasteiger partial charge in [-0.15, -0.1) is 0 Å². The van der Waals surface area contributed by atoms with Crippen LogP contribution in [0.2, 0.25) is 0 Å². The zero-order valence-corrected chi connectivity index (χ0v) is 9.69. The van der Waals surface area contributed by atoms with Crippen LogP contribution in [0.15, 0.2) is 5.10 Å². The van der Waals surface area contributed by atoms with Crippen molar-refractivity contribution in [1.82, 2.24) is 9.91 Å². The molecule has 0 N–H and O–H groups in total. The predicted octanol–water partition coefficient (Wildman–Crippen LogP) is 2.34. The monoisotopic (exact) mass is 208 g/mol. The first kappa shape index (κ1) is 11.8. The molecule has 15 heavy (non-hydrogen) atoms. The average Bonchev–Trinajstić information content (AvgIpc) is 2.65. The number of hydrazone groups is 1. The zero-order chi connectivity index (χ0) is 11.1. The van der Waals surface area contributed by atoms with E-state index in [1.165, 1.54) is 6.42 Å². The van der Waals surface area contributed by atoms with E-state index < -0.39 is 0 Å². The van der Waals surface area contributed by atoms with Crippen molar-refractivity contribution in [2.75, 3.05) is 6.54 Å². The van der Waals surface area contributed by atoms with Gasteiger partial charge in [-0.3, -0.25) is 5.01 Å². The lowest BCUT2D eigenvalue weighted by molar-refractivity contribution is 0.147. The second-order valence-corrected chi connectivity index (χ2v) is 3.88. The topological polar surface area (TPSA) is 42.6 Å². The summed E-state index contributed by atoms with van der Waals surface area (Å²) in [5.41, 5.74) is 0. The first-order valence-corrected chi connectivity index (χ1v) is 5.82. The Hall–Kier alpha value is -1.24. The number of hydrogen-bond acceptors (Lipinski definition) is 4. The molecule has 0 aromatic carbocycles. The summed E-state index contributed by atoms with van der Waals surface area (Å²) in [4.78, 5) is 1.66. The van der Waals surface area contributed by atoms with Gasteiger partial charge in [-0.1, -0.05) is 26.7 Å². The molecule has 1 heterocycles. The fraction of sp³-hybridized carbons (Fsp3) is 0.818. The molecule has 0 aromatic rings. The number of rotatable bonds is 6. The highest BCUT2D eigenvalue weighted by Gasteiger charge is 2.26. The Morgan fingerprint density at radius 2 is 2.07 bits per heavy atom. The zero-order valence-electron chi connectivity index (χ0n) is 9.69. The summed E-state index contributed by atoms with van der Waals surface area (Å²) >= 11 is 0. The maximum absolute atomic E-state index is 8.94. The van der Waals surface area contributed by atoms with Gasteiger partial charge in [0.15, 0.2) is 6.19 Å². The van der Waals surface area contributed by atoms with Crippen molar-refractivity contribution < 1.29 is 0 Å². The minimum Gasteiger partial charge on any atom is -0.272 e. The van der Waals surface area contributed by atoms with Crippen molar-refractivity contribution >= 4 is 6.34 Å². The molecule has 1 aliphatic rings. The number of nitriles is 1. The summed E-state index contributed by atoms with van der Waals surface area (Å²) < 4.78 is 0. The molecule has 0 bridgehead atoms. The van der Waals surface area contributed by atoms with E-state index in [1.54, 1.807) is 11.2 Å². The predicted molar refractivity (Wildman–Crippen MR) is 60.9 cm³/mol. The van der Waals surface area contributed by atoms with Crippen molar-refractivity contribution in [3.63, 3.8) is 0 Å². The van der Waals surface area contributed by atoms with Crippen LogP contribution in [0.1, 0.15) is 46.0 Å². The van der Waals surface area contributed by atoms with Crippen LogP contribution in [0.25, 0.3) is 0 Å².